The van der Waals surface area contributed by atoms with Crippen LogP contribution >= 0.6 is 11.6 Å². The molecule has 138 valence electrons. The summed E-state index contributed by atoms with van der Waals surface area (Å²) >= 11 is 5.19. The first kappa shape index (κ1) is 24.4. The number of hydrogen-bond donors (Lipinski definition) is 0. The highest BCUT2D eigenvalue weighted by Crippen LogP contribution is 2.48. The van der Waals surface area contributed by atoms with Gasteiger partial charge >= 0.3 is 17.8 Å². The molecule has 0 heterocycles. The molecule has 10 heteroatoms. The van der Waals surface area contributed by atoms with Gasteiger partial charge in [0.25, 0.3) is 5.78 Å². The molecule has 0 saturated heterocycles. The standard InChI is InChI=1S/C10H11F7O2.C3H7Cl/c1-4-8(12,13)10(16,17)9(14,15)6(19)5(18)7(2,3)11;1-2-3-4/h4H2,1-3H3;2-3H2,1H3. The Morgan fingerprint density at radius 3 is 1.43 bits per heavy atom. The van der Waals surface area contributed by atoms with Crippen molar-refractivity contribution in [3.63, 3.8) is 0 Å². The molecule has 0 aliphatic rings. The van der Waals surface area contributed by atoms with Crippen LogP contribution in [-0.2, 0) is 9.59 Å². The van der Waals surface area contributed by atoms with Crippen LogP contribution in [0.15, 0.2) is 0 Å². The van der Waals surface area contributed by atoms with Crippen LogP contribution < -0.4 is 0 Å². The molecule has 23 heavy (non-hydrogen) atoms. The summed E-state index contributed by atoms with van der Waals surface area (Å²) in [4.78, 5) is 21.8. The molecule has 0 aliphatic heterocycles. The Labute approximate surface area is 134 Å². The minimum atomic E-state index is -6.09. The zero-order chi connectivity index (χ0) is 19.3. The van der Waals surface area contributed by atoms with Gasteiger partial charge in [-0.15, -0.1) is 11.6 Å². The van der Waals surface area contributed by atoms with E-state index in [0.717, 1.165) is 12.3 Å². The summed E-state index contributed by atoms with van der Waals surface area (Å²) in [5.41, 5.74) is -3.17. The van der Waals surface area contributed by atoms with E-state index in [1.165, 1.54) is 0 Å². The molecule has 0 spiro atoms. The first-order valence-electron chi connectivity index (χ1n) is 6.52. The average molecular weight is 375 g/mol. The second kappa shape index (κ2) is 8.30. The Hall–Kier alpha value is -0.860. The van der Waals surface area contributed by atoms with Crippen molar-refractivity contribution in [2.45, 2.75) is 64.0 Å². The number of hydrogen-bond acceptors (Lipinski definition) is 2. The monoisotopic (exact) mass is 374 g/mol. The molecule has 0 saturated carbocycles. The highest BCUT2D eigenvalue weighted by Gasteiger charge is 2.75. The van der Waals surface area contributed by atoms with Gasteiger partial charge in [0.2, 0.25) is 5.78 Å². The molecule has 0 amide bonds. The van der Waals surface area contributed by atoms with E-state index in [4.69, 9.17) is 11.6 Å². The van der Waals surface area contributed by atoms with Crippen molar-refractivity contribution in [1.82, 2.24) is 0 Å². The van der Waals surface area contributed by atoms with Crippen LogP contribution in [0.25, 0.3) is 0 Å². The number of carbonyl (C=O) groups is 2. The van der Waals surface area contributed by atoms with Gasteiger partial charge in [0, 0.05) is 12.3 Å². The fraction of sp³-hybridized carbons (Fsp3) is 0.846. The first-order chi connectivity index (χ1) is 10.0. The number of halogens is 8. The van der Waals surface area contributed by atoms with Gasteiger partial charge in [-0.1, -0.05) is 13.8 Å². The second-order valence-electron chi connectivity index (χ2n) is 5.03. The van der Waals surface area contributed by atoms with Gasteiger partial charge in [0.05, 0.1) is 0 Å². The van der Waals surface area contributed by atoms with Crippen molar-refractivity contribution in [3.8, 4) is 0 Å². The zero-order valence-corrected chi connectivity index (χ0v) is 13.7. The summed E-state index contributed by atoms with van der Waals surface area (Å²) in [6.07, 6.45) is -0.600. The van der Waals surface area contributed by atoms with Gasteiger partial charge in [-0.25, -0.2) is 4.39 Å². The molecule has 0 rings (SSSR count). The van der Waals surface area contributed by atoms with Gasteiger partial charge in [-0.05, 0) is 20.3 Å². The summed E-state index contributed by atoms with van der Waals surface area (Å²) in [5.74, 6) is -22.2. The Bertz CT molecular complexity index is 415. The van der Waals surface area contributed by atoms with Crippen LogP contribution in [0.2, 0.25) is 0 Å². The largest absolute Gasteiger partial charge is 0.381 e. The maximum atomic E-state index is 13.1. The average Bonchev–Trinajstić information content (AvgIpc) is 2.44. The smallest absolute Gasteiger partial charge is 0.287 e. The minimum Gasteiger partial charge on any atom is -0.287 e. The van der Waals surface area contributed by atoms with Crippen molar-refractivity contribution < 1.29 is 40.3 Å². The van der Waals surface area contributed by atoms with E-state index in [1.807, 2.05) is 6.92 Å². The van der Waals surface area contributed by atoms with E-state index in [-0.39, 0.29) is 0 Å². The molecule has 0 radical (unpaired) electrons. The van der Waals surface area contributed by atoms with Gasteiger partial charge in [0.1, 0.15) is 0 Å². The predicted molar refractivity (Wildman–Crippen MR) is 71.3 cm³/mol. The number of ketones is 2. The predicted octanol–water partition coefficient (Wildman–Crippen LogP) is 4.82. The third-order valence-corrected chi connectivity index (χ3v) is 2.90. The van der Waals surface area contributed by atoms with Gasteiger partial charge in [-0.2, -0.15) is 26.3 Å². The van der Waals surface area contributed by atoms with E-state index in [9.17, 15) is 40.3 Å². The van der Waals surface area contributed by atoms with E-state index in [2.05, 4.69) is 0 Å². The fourth-order valence-electron chi connectivity index (χ4n) is 1.01. The van der Waals surface area contributed by atoms with Crippen molar-refractivity contribution in [3.05, 3.63) is 0 Å². The maximum absolute atomic E-state index is 13.1. The molecule has 0 bridgehead atoms. The molecule has 0 fully saturated rings. The lowest BCUT2D eigenvalue weighted by molar-refractivity contribution is -0.296. The topological polar surface area (TPSA) is 34.1 Å². The molecule has 0 atom stereocenters. The van der Waals surface area contributed by atoms with Gasteiger partial charge < -0.3 is 0 Å². The van der Waals surface area contributed by atoms with E-state index < -0.39 is 41.4 Å². The molecule has 2 nitrogen and oxygen atoms in total. The fourth-order valence-corrected chi connectivity index (χ4v) is 1.01. The van der Waals surface area contributed by atoms with Crippen LogP contribution in [-0.4, -0.2) is 40.9 Å². The number of rotatable bonds is 7. The summed E-state index contributed by atoms with van der Waals surface area (Å²) in [6, 6.07) is 0. The molecule has 0 aromatic rings. The van der Waals surface area contributed by atoms with Crippen LogP contribution in [0.1, 0.15) is 40.5 Å². The lowest BCUT2D eigenvalue weighted by Gasteiger charge is -2.31. The van der Waals surface area contributed by atoms with Crippen LogP contribution in [0.5, 0.6) is 0 Å². The van der Waals surface area contributed by atoms with Gasteiger partial charge in [0.15, 0.2) is 5.67 Å². The highest BCUT2D eigenvalue weighted by molar-refractivity contribution is 6.42. The van der Waals surface area contributed by atoms with Crippen LogP contribution in [0, 0.1) is 0 Å². The molecule has 0 unspecified atom stereocenters. The van der Waals surface area contributed by atoms with E-state index in [0.29, 0.717) is 20.8 Å². The van der Waals surface area contributed by atoms with Crippen molar-refractivity contribution in [2.75, 3.05) is 5.88 Å². The number of carbonyl (C=O) groups excluding carboxylic acids is 2. The lowest BCUT2D eigenvalue weighted by atomic mass is 9.92. The molecule has 0 aromatic carbocycles. The Morgan fingerprint density at radius 2 is 1.22 bits per heavy atom. The van der Waals surface area contributed by atoms with Crippen LogP contribution in [0.4, 0.5) is 30.7 Å². The lowest BCUT2D eigenvalue weighted by Crippen LogP contribution is -2.60. The van der Waals surface area contributed by atoms with Crippen molar-refractivity contribution in [1.29, 1.82) is 0 Å². The Balaban J connectivity index is 0. The number of Topliss-reactive ketones (excluding diaryl/α,β-unsaturated/α-hetero) is 2. The van der Waals surface area contributed by atoms with Crippen LogP contribution in [0.3, 0.4) is 0 Å². The highest BCUT2D eigenvalue weighted by atomic mass is 35.5. The number of alkyl halides is 8. The molecule has 0 aliphatic carbocycles. The molecule has 0 aromatic heterocycles. The van der Waals surface area contributed by atoms with Crippen molar-refractivity contribution >= 4 is 23.2 Å². The van der Waals surface area contributed by atoms with E-state index >= 15 is 0 Å². The summed E-state index contributed by atoms with van der Waals surface area (Å²) in [5, 5.41) is 0. The third-order valence-electron chi connectivity index (χ3n) is 2.52. The van der Waals surface area contributed by atoms with E-state index in [1.54, 1.807) is 0 Å². The SMILES string of the molecule is CCC(F)(F)C(F)(F)C(F)(F)C(=O)C(=O)C(C)(C)F.CCCCl. The molecule has 0 N–H and O–H groups in total. The minimum absolute atomic E-state index is 0.374. The molecular weight excluding hydrogens is 357 g/mol. The normalized spacial score (nSPS) is 13.2. The Morgan fingerprint density at radius 1 is 0.870 bits per heavy atom. The third kappa shape index (κ3) is 5.61. The zero-order valence-electron chi connectivity index (χ0n) is 13.0. The second-order valence-corrected chi connectivity index (χ2v) is 5.40. The maximum Gasteiger partial charge on any atom is 0.381 e. The quantitative estimate of drug-likeness (QED) is 0.363. The molecular formula is C13H18ClF7O2. The Kier molecular flexibility index (Phi) is 8.80. The van der Waals surface area contributed by atoms with Gasteiger partial charge in [-0.3, -0.25) is 9.59 Å². The first-order valence-corrected chi connectivity index (χ1v) is 7.05. The summed E-state index contributed by atoms with van der Waals surface area (Å²) < 4.78 is 90.7. The summed E-state index contributed by atoms with van der Waals surface area (Å²) in [6.45, 7) is 3.29. The van der Waals surface area contributed by atoms with Crippen molar-refractivity contribution in [2.24, 2.45) is 0 Å². The summed E-state index contributed by atoms with van der Waals surface area (Å²) in [7, 11) is 0.